The van der Waals surface area contributed by atoms with Crippen LogP contribution in [-0.2, 0) is 9.59 Å². The van der Waals surface area contributed by atoms with Crippen molar-refractivity contribution in [3.63, 3.8) is 0 Å². The molecule has 26 heavy (non-hydrogen) atoms. The molecule has 2 amide bonds. The van der Waals surface area contributed by atoms with E-state index in [0.717, 1.165) is 5.56 Å². The van der Waals surface area contributed by atoms with Crippen molar-refractivity contribution in [3.05, 3.63) is 64.1 Å². The Morgan fingerprint density at radius 1 is 0.923 bits per heavy atom. The van der Waals surface area contributed by atoms with Crippen LogP contribution in [0, 0.1) is 5.92 Å². The van der Waals surface area contributed by atoms with Gasteiger partial charge in [0.2, 0.25) is 11.8 Å². The molecule has 0 aliphatic rings. The Balaban J connectivity index is 1.82. The molecule has 0 fully saturated rings. The normalized spacial score (nSPS) is 12.9. The maximum absolute atomic E-state index is 12.2. The lowest BCUT2D eigenvalue weighted by Crippen LogP contribution is -2.28. The smallest absolute Gasteiger partial charge is 0.224 e. The molecule has 2 aromatic rings. The van der Waals surface area contributed by atoms with Gasteiger partial charge in [-0.15, -0.1) is 0 Å². The van der Waals surface area contributed by atoms with E-state index in [2.05, 4.69) is 10.6 Å². The van der Waals surface area contributed by atoms with Crippen molar-refractivity contribution in [2.45, 2.75) is 32.7 Å². The Bertz CT molecular complexity index is 766. The molecule has 0 bridgehead atoms. The van der Waals surface area contributed by atoms with Crippen LogP contribution in [0.25, 0.3) is 0 Å². The summed E-state index contributed by atoms with van der Waals surface area (Å²) in [5, 5.41) is 6.38. The Labute approximate surface area is 163 Å². The van der Waals surface area contributed by atoms with E-state index >= 15 is 0 Å². The van der Waals surface area contributed by atoms with E-state index < -0.39 is 0 Å². The minimum atomic E-state index is -0.203. The van der Waals surface area contributed by atoms with Crippen molar-refractivity contribution in [2.75, 3.05) is 5.32 Å². The molecule has 0 heterocycles. The molecule has 0 aliphatic carbocycles. The molecule has 0 saturated heterocycles. The standard InChI is InChI=1S/C20H22Cl2N2O2/c1-13(11-18(25)23-14(2)15-7-4-3-5-8-15)12-19(26)24-17-10-6-9-16(21)20(17)22/h3-10,13-14H,11-12H2,1-2H3,(H,23,25)(H,24,26). The molecular formula is C20H22Cl2N2O2. The highest BCUT2D eigenvalue weighted by atomic mass is 35.5. The molecule has 2 atom stereocenters. The van der Waals surface area contributed by atoms with Gasteiger partial charge in [-0.3, -0.25) is 9.59 Å². The van der Waals surface area contributed by atoms with Crippen molar-refractivity contribution in [1.82, 2.24) is 5.32 Å². The number of benzene rings is 2. The first-order valence-corrected chi connectivity index (χ1v) is 9.20. The van der Waals surface area contributed by atoms with Gasteiger partial charge < -0.3 is 10.6 Å². The zero-order valence-corrected chi connectivity index (χ0v) is 16.3. The second-order valence-electron chi connectivity index (χ2n) is 6.36. The number of hydrogen-bond donors (Lipinski definition) is 2. The van der Waals surface area contributed by atoms with Gasteiger partial charge in [-0.05, 0) is 30.5 Å². The van der Waals surface area contributed by atoms with Crippen LogP contribution in [-0.4, -0.2) is 11.8 Å². The summed E-state index contributed by atoms with van der Waals surface area (Å²) in [5.74, 6) is -0.385. The van der Waals surface area contributed by atoms with E-state index in [0.29, 0.717) is 15.7 Å². The average Bonchev–Trinajstić information content (AvgIpc) is 2.59. The molecule has 2 unspecified atom stereocenters. The van der Waals surface area contributed by atoms with E-state index in [-0.39, 0.29) is 36.6 Å². The number of carbonyl (C=O) groups is 2. The van der Waals surface area contributed by atoms with Crippen LogP contribution >= 0.6 is 23.2 Å². The summed E-state index contributed by atoms with van der Waals surface area (Å²) in [6, 6.07) is 14.7. The van der Waals surface area contributed by atoms with Crippen molar-refractivity contribution in [1.29, 1.82) is 0 Å². The van der Waals surface area contributed by atoms with Crippen molar-refractivity contribution >= 4 is 40.7 Å². The second kappa shape index (κ2) is 9.60. The van der Waals surface area contributed by atoms with Gasteiger partial charge in [0.1, 0.15) is 0 Å². The summed E-state index contributed by atoms with van der Waals surface area (Å²) in [6.07, 6.45) is 0.490. The van der Waals surface area contributed by atoms with Crippen LogP contribution in [0.4, 0.5) is 5.69 Å². The van der Waals surface area contributed by atoms with Gasteiger partial charge in [-0.25, -0.2) is 0 Å². The number of carbonyl (C=O) groups excluding carboxylic acids is 2. The van der Waals surface area contributed by atoms with E-state index in [1.54, 1.807) is 18.2 Å². The molecule has 0 radical (unpaired) electrons. The molecule has 2 rings (SSSR count). The first kappa shape index (κ1) is 20.3. The number of halogens is 2. The fourth-order valence-corrected chi connectivity index (χ4v) is 2.98. The van der Waals surface area contributed by atoms with Gasteiger partial charge in [0, 0.05) is 12.8 Å². The fourth-order valence-electron chi connectivity index (χ4n) is 2.63. The summed E-state index contributed by atoms with van der Waals surface area (Å²) in [6.45, 7) is 3.80. The Morgan fingerprint density at radius 3 is 2.27 bits per heavy atom. The molecular weight excluding hydrogens is 371 g/mol. The first-order chi connectivity index (χ1) is 12.4. The van der Waals surface area contributed by atoms with E-state index in [9.17, 15) is 9.59 Å². The molecule has 0 spiro atoms. The summed E-state index contributed by atoms with van der Waals surface area (Å²) in [5.41, 5.74) is 1.51. The highest BCUT2D eigenvalue weighted by Crippen LogP contribution is 2.29. The number of nitrogens with one attached hydrogen (secondary N) is 2. The number of anilines is 1. The highest BCUT2D eigenvalue weighted by Gasteiger charge is 2.16. The quantitative estimate of drug-likeness (QED) is 0.677. The van der Waals surface area contributed by atoms with Crippen molar-refractivity contribution < 1.29 is 9.59 Å². The van der Waals surface area contributed by atoms with Gasteiger partial charge in [-0.2, -0.15) is 0 Å². The Kier molecular flexibility index (Phi) is 7.49. The third-order valence-electron chi connectivity index (χ3n) is 3.97. The molecule has 2 N–H and O–H groups in total. The number of amides is 2. The van der Waals surface area contributed by atoms with Crippen LogP contribution in [0.3, 0.4) is 0 Å². The van der Waals surface area contributed by atoms with Gasteiger partial charge in [-0.1, -0.05) is 66.5 Å². The zero-order valence-electron chi connectivity index (χ0n) is 14.8. The Morgan fingerprint density at radius 2 is 1.58 bits per heavy atom. The summed E-state index contributed by atoms with van der Waals surface area (Å²) in [4.78, 5) is 24.4. The number of hydrogen-bond acceptors (Lipinski definition) is 2. The largest absolute Gasteiger partial charge is 0.350 e. The third-order valence-corrected chi connectivity index (χ3v) is 4.79. The maximum atomic E-state index is 12.2. The Hall–Kier alpha value is -2.04. The van der Waals surface area contributed by atoms with Gasteiger partial charge >= 0.3 is 0 Å². The lowest BCUT2D eigenvalue weighted by Gasteiger charge is -2.17. The fraction of sp³-hybridized carbons (Fsp3) is 0.300. The second-order valence-corrected chi connectivity index (χ2v) is 7.15. The molecule has 4 nitrogen and oxygen atoms in total. The maximum Gasteiger partial charge on any atom is 0.224 e. The molecule has 138 valence electrons. The topological polar surface area (TPSA) is 58.2 Å². The molecule has 0 aliphatic heterocycles. The lowest BCUT2D eigenvalue weighted by atomic mass is 10.0. The van der Waals surface area contributed by atoms with Crippen LogP contribution in [0.15, 0.2) is 48.5 Å². The minimum Gasteiger partial charge on any atom is -0.350 e. The van der Waals surface area contributed by atoms with Crippen LogP contribution in [0.2, 0.25) is 10.0 Å². The predicted octanol–water partition coefficient (Wildman–Crippen LogP) is 5.23. The van der Waals surface area contributed by atoms with Gasteiger partial charge in [0.05, 0.1) is 21.8 Å². The highest BCUT2D eigenvalue weighted by molar-refractivity contribution is 6.43. The van der Waals surface area contributed by atoms with Crippen LogP contribution in [0.5, 0.6) is 0 Å². The van der Waals surface area contributed by atoms with Gasteiger partial charge in [0.15, 0.2) is 0 Å². The van der Waals surface area contributed by atoms with E-state index in [4.69, 9.17) is 23.2 Å². The van der Waals surface area contributed by atoms with Crippen LogP contribution in [0.1, 0.15) is 38.3 Å². The molecule has 0 saturated carbocycles. The monoisotopic (exact) mass is 392 g/mol. The molecule has 0 aromatic heterocycles. The summed E-state index contributed by atoms with van der Waals surface area (Å²) >= 11 is 12.0. The third kappa shape index (κ3) is 6.04. The minimum absolute atomic E-state index is 0.0741. The van der Waals surface area contributed by atoms with E-state index in [1.807, 2.05) is 44.2 Å². The van der Waals surface area contributed by atoms with Gasteiger partial charge in [0.25, 0.3) is 0 Å². The first-order valence-electron chi connectivity index (χ1n) is 8.45. The average molecular weight is 393 g/mol. The summed E-state index contributed by atoms with van der Waals surface area (Å²) in [7, 11) is 0. The zero-order chi connectivity index (χ0) is 19.1. The molecule has 2 aromatic carbocycles. The van der Waals surface area contributed by atoms with Crippen molar-refractivity contribution in [2.24, 2.45) is 5.92 Å². The van der Waals surface area contributed by atoms with Crippen LogP contribution < -0.4 is 10.6 Å². The van der Waals surface area contributed by atoms with E-state index in [1.165, 1.54) is 0 Å². The number of rotatable bonds is 7. The summed E-state index contributed by atoms with van der Waals surface area (Å²) < 4.78 is 0. The predicted molar refractivity (Wildman–Crippen MR) is 106 cm³/mol. The van der Waals surface area contributed by atoms with Crippen molar-refractivity contribution in [3.8, 4) is 0 Å². The SMILES string of the molecule is CC(CC(=O)Nc1cccc(Cl)c1Cl)CC(=O)NC(C)c1ccccc1. The molecule has 6 heteroatoms. The lowest BCUT2D eigenvalue weighted by molar-refractivity contribution is -0.123.